The first kappa shape index (κ1) is 17.9. The molecule has 138 valence electrons. The van der Waals surface area contributed by atoms with Crippen LogP contribution in [0.1, 0.15) is 23.6 Å². The van der Waals surface area contributed by atoms with Gasteiger partial charge in [-0.2, -0.15) is 0 Å². The van der Waals surface area contributed by atoms with Crippen LogP contribution in [0.15, 0.2) is 53.6 Å². The van der Waals surface area contributed by atoms with Gasteiger partial charge in [-0.3, -0.25) is 14.8 Å². The quantitative estimate of drug-likeness (QED) is 0.684. The van der Waals surface area contributed by atoms with E-state index in [0.29, 0.717) is 9.93 Å². The van der Waals surface area contributed by atoms with Gasteiger partial charge < -0.3 is 15.6 Å². The average molecular weight is 400 g/mol. The number of hydrogen-bond acceptors (Lipinski definition) is 5. The summed E-state index contributed by atoms with van der Waals surface area (Å²) in [5, 5.41) is 1.71. The van der Waals surface area contributed by atoms with Gasteiger partial charge in [0.05, 0.1) is 16.8 Å². The van der Waals surface area contributed by atoms with Crippen molar-refractivity contribution in [3.8, 4) is 0 Å². The number of benzene rings is 1. The Bertz CT molecular complexity index is 1030. The molecular weight excluding hydrogens is 382 g/mol. The van der Waals surface area contributed by atoms with Crippen LogP contribution in [-0.4, -0.2) is 32.3 Å². The number of nitrogens with two attached hydrogens (primary N) is 1. The number of H-pyrrole nitrogens is 1. The SMILES string of the molecule is CC1=C(C(N)=O)SC(c2cnccn2)N1CCc1c[nH]c2ccc(Cl)cc12. The lowest BCUT2D eigenvalue weighted by molar-refractivity contribution is -0.114. The van der Waals surface area contributed by atoms with Gasteiger partial charge in [0, 0.05) is 46.8 Å². The van der Waals surface area contributed by atoms with Crippen molar-refractivity contribution >= 4 is 40.2 Å². The number of nitrogens with zero attached hydrogens (tertiary/aromatic N) is 3. The highest BCUT2D eigenvalue weighted by Crippen LogP contribution is 2.46. The van der Waals surface area contributed by atoms with E-state index < -0.39 is 5.91 Å². The molecule has 1 atom stereocenters. The third-order valence-corrected chi connectivity index (χ3v) is 6.37. The maximum absolute atomic E-state index is 11.8. The van der Waals surface area contributed by atoms with Gasteiger partial charge in [-0.05, 0) is 37.1 Å². The molecule has 3 heterocycles. The molecule has 0 saturated heterocycles. The lowest BCUT2D eigenvalue weighted by Gasteiger charge is -2.27. The Kier molecular flexibility index (Phi) is 4.80. The molecule has 0 aliphatic carbocycles. The summed E-state index contributed by atoms with van der Waals surface area (Å²) in [7, 11) is 0. The second-order valence-corrected chi connectivity index (χ2v) is 7.85. The van der Waals surface area contributed by atoms with Crippen LogP contribution in [0.3, 0.4) is 0 Å². The number of carbonyl (C=O) groups is 1. The molecule has 1 aliphatic heterocycles. The van der Waals surface area contributed by atoms with Crippen LogP contribution in [0, 0.1) is 0 Å². The average Bonchev–Trinajstić information content (AvgIpc) is 3.21. The second kappa shape index (κ2) is 7.25. The maximum atomic E-state index is 11.8. The number of amides is 1. The van der Waals surface area contributed by atoms with E-state index in [0.717, 1.165) is 35.3 Å². The van der Waals surface area contributed by atoms with Gasteiger partial charge in [0.25, 0.3) is 5.91 Å². The summed E-state index contributed by atoms with van der Waals surface area (Å²) in [5.74, 6) is -0.409. The van der Waals surface area contributed by atoms with E-state index in [-0.39, 0.29) is 5.37 Å². The summed E-state index contributed by atoms with van der Waals surface area (Å²) in [4.78, 5) is 26.4. The highest BCUT2D eigenvalue weighted by Gasteiger charge is 2.34. The van der Waals surface area contributed by atoms with E-state index in [1.165, 1.54) is 17.3 Å². The Morgan fingerprint density at radius 3 is 3.00 bits per heavy atom. The second-order valence-electron chi connectivity index (χ2n) is 6.33. The molecular formula is C19H18ClN5OS. The third kappa shape index (κ3) is 3.40. The molecule has 0 bridgehead atoms. The first-order chi connectivity index (χ1) is 13.0. The molecule has 0 saturated carbocycles. The third-order valence-electron chi connectivity index (χ3n) is 4.68. The molecule has 3 aromatic rings. The van der Waals surface area contributed by atoms with Crippen LogP contribution in [0.2, 0.25) is 5.02 Å². The van der Waals surface area contributed by atoms with Gasteiger partial charge >= 0.3 is 0 Å². The fourth-order valence-electron chi connectivity index (χ4n) is 3.34. The minimum Gasteiger partial charge on any atom is -0.365 e. The Morgan fingerprint density at radius 1 is 1.41 bits per heavy atom. The molecule has 6 nitrogen and oxygen atoms in total. The van der Waals surface area contributed by atoms with Crippen LogP contribution >= 0.6 is 23.4 Å². The van der Waals surface area contributed by atoms with Crippen LogP contribution in [0.4, 0.5) is 0 Å². The fourth-order valence-corrected chi connectivity index (χ4v) is 4.78. The molecule has 0 radical (unpaired) electrons. The number of halogens is 1. The molecule has 1 aromatic carbocycles. The molecule has 4 rings (SSSR count). The van der Waals surface area contributed by atoms with Crippen molar-refractivity contribution in [2.75, 3.05) is 6.54 Å². The number of hydrogen-bond donors (Lipinski definition) is 2. The molecule has 3 N–H and O–H groups in total. The van der Waals surface area contributed by atoms with E-state index >= 15 is 0 Å². The van der Waals surface area contributed by atoms with Crippen LogP contribution in [-0.2, 0) is 11.2 Å². The van der Waals surface area contributed by atoms with Crippen molar-refractivity contribution in [2.24, 2.45) is 5.73 Å². The van der Waals surface area contributed by atoms with E-state index in [9.17, 15) is 4.79 Å². The molecule has 1 amide bonds. The van der Waals surface area contributed by atoms with Crippen molar-refractivity contribution in [3.63, 3.8) is 0 Å². The molecule has 0 spiro atoms. The number of carbonyl (C=O) groups excluding carboxylic acids is 1. The number of aromatic amines is 1. The zero-order chi connectivity index (χ0) is 19.0. The minimum atomic E-state index is -0.409. The van der Waals surface area contributed by atoms with Gasteiger partial charge in [0.1, 0.15) is 5.37 Å². The Labute approximate surface area is 165 Å². The van der Waals surface area contributed by atoms with E-state index in [1.807, 2.05) is 31.3 Å². The van der Waals surface area contributed by atoms with E-state index in [1.54, 1.807) is 18.6 Å². The lowest BCUT2D eigenvalue weighted by Crippen LogP contribution is -2.25. The molecule has 0 fully saturated rings. The molecule has 1 aliphatic rings. The first-order valence-electron chi connectivity index (χ1n) is 8.50. The standard InChI is InChI=1S/C19H18ClN5OS/c1-11-17(18(21)26)27-19(16-10-22-5-6-23-16)25(11)7-4-12-9-24-15-3-2-13(20)8-14(12)15/h2-3,5-6,8-10,19,24H,4,7H2,1H3,(H2,21,26). The van der Waals surface area contributed by atoms with Gasteiger partial charge in [0.15, 0.2) is 0 Å². The summed E-state index contributed by atoms with van der Waals surface area (Å²) in [6, 6.07) is 5.82. The van der Waals surface area contributed by atoms with Crippen LogP contribution < -0.4 is 5.73 Å². The van der Waals surface area contributed by atoms with Gasteiger partial charge in [0.2, 0.25) is 0 Å². The summed E-state index contributed by atoms with van der Waals surface area (Å²) >= 11 is 7.58. The summed E-state index contributed by atoms with van der Waals surface area (Å²) in [6.45, 7) is 2.64. The van der Waals surface area contributed by atoms with Gasteiger partial charge in [-0.25, -0.2) is 0 Å². The molecule has 1 unspecified atom stereocenters. The zero-order valence-corrected chi connectivity index (χ0v) is 16.2. The largest absolute Gasteiger partial charge is 0.365 e. The predicted octanol–water partition coefficient (Wildman–Crippen LogP) is 3.62. The highest BCUT2D eigenvalue weighted by molar-refractivity contribution is 8.04. The smallest absolute Gasteiger partial charge is 0.256 e. The topological polar surface area (TPSA) is 87.9 Å². The van der Waals surface area contributed by atoms with Crippen molar-refractivity contribution in [1.29, 1.82) is 0 Å². The number of aromatic nitrogens is 3. The zero-order valence-electron chi connectivity index (χ0n) is 14.6. The highest BCUT2D eigenvalue weighted by atomic mass is 35.5. The number of rotatable bonds is 5. The van der Waals surface area contributed by atoms with Gasteiger partial charge in [-0.1, -0.05) is 23.4 Å². The summed E-state index contributed by atoms with van der Waals surface area (Å²) in [5.41, 5.74) is 9.49. The first-order valence-corrected chi connectivity index (χ1v) is 9.76. The Balaban J connectivity index is 1.62. The molecule has 8 heteroatoms. The fraction of sp³-hybridized carbons (Fsp3) is 0.211. The van der Waals surface area contributed by atoms with E-state index in [2.05, 4.69) is 19.9 Å². The van der Waals surface area contributed by atoms with Gasteiger partial charge in [-0.15, -0.1) is 0 Å². The van der Waals surface area contributed by atoms with Crippen LogP contribution in [0.25, 0.3) is 10.9 Å². The number of nitrogens with one attached hydrogen (secondary N) is 1. The van der Waals surface area contributed by atoms with Crippen LogP contribution in [0.5, 0.6) is 0 Å². The number of thioether (sulfide) groups is 1. The van der Waals surface area contributed by atoms with Crippen molar-refractivity contribution in [1.82, 2.24) is 19.9 Å². The number of allylic oxidation sites excluding steroid dienone is 1. The minimum absolute atomic E-state index is 0.116. The van der Waals surface area contributed by atoms with Crippen molar-refractivity contribution in [2.45, 2.75) is 18.7 Å². The molecule has 27 heavy (non-hydrogen) atoms. The maximum Gasteiger partial charge on any atom is 0.256 e. The summed E-state index contributed by atoms with van der Waals surface area (Å²) < 4.78 is 0. The van der Waals surface area contributed by atoms with E-state index in [4.69, 9.17) is 17.3 Å². The normalized spacial score (nSPS) is 17.1. The van der Waals surface area contributed by atoms with Crippen molar-refractivity contribution < 1.29 is 4.79 Å². The molecule has 2 aromatic heterocycles. The van der Waals surface area contributed by atoms with Crippen molar-refractivity contribution in [3.05, 3.63) is 69.9 Å². The number of fused-ring (bicyclic) bond motifs is 1. The number of primary amides is 1. The summed E-state index contributed by atoms with van der Waals surface area (Å²) in [6.07, 6.45) is 7.83. The lowest BCUT2D eigenvalue weighted by atomic mass is 10.1. The Morgan fingerprint density at radius 2 is 2.26 bits per heavy atom. The monoisotopic (exact) mass is 399 g/mol. The Hall–Kier alpha value is -2.51. The predicted molar refractivity (Wildman–Crippen MR) is 108 cm³/mol.